The molecule has 3 N–H and O–H groups in total. The van der Waals surface area contributed by atoms with Crippen LogP contribution in [0, 0.1) is 11.5 Å². The van der Waals surface area contributed by atoms with Gasteiger partial charge in [-0.25, -0.2) is 0 Å². The first-order valence-electron chi connectivity index (χ1n) is 10.7. The molecule has 0 atom stereocenters. The summed E-state index contributed by atoms with van der Waals surface area (Å²) < 4.78 is 5.26. The number of aliphatic imine (C=N–C) groups is 1. The molecule has 1 aliphatic rings. The van der Waals surface area contributed by atoms with E-state index in [2.05, 4.69) is 32.7 Å². The number of methoxy groups -OCH3 is 1. The van der Waals surface area contributed by atoms with Crippen molar-refractivity contribution < 1.29 is 14.6 Å². The molecule has 1 amide bonds. The number of nitriles is 1. The molecular formula is C24H29N5O3. The molecule has 1 fully saturated rings. The summed E-state index contributed by atoms with van der Waals surface area (Å²) >= 11 is 0. The number of phenolic OH excluding ortho intramolecular Hbond substituents is 1. The van der Waals surface area contributed by atoms with Crippen molar-refractivity contribution >= 4 is 11.9 Å². The summed E-state index contributed by atoms with van der Waals surface area (Å²) in [4.78, 5) is 19.4. The molecule has 32 heavy (non-hydrogen) atoms. The van der Waals surface area contributed by atoms with Crippen molar-refractivity contribution in [1.82, 2.24) is 15.5 Å². The Bertz CT molecular complexity index is 992. The van der Waals surface area contributed by atoms with Gasteiger partial charge in [0.25, 0.3) is 5.91 Å². The maximum absolute atomic E-state index is 13.0. The van der Waals surface area contributed by atoms with Crippen LogP contribution in [0.15, 0.2) is 53.5 Å². The predicted molar refractivity (Wildman–Crippen MR) is 123 cm³/mol. The van der Waals surface area contributed by atoms with E-state index in [4.69, 9.17) is 10.00 Å². The Hall–Kier alpha value is -3.73. The highest BCUT2D eigenvalue weighted by Crippen LogP contribution is 2.35. The van der Waals surface area contributed by atoms with Crippen LogP contribution in [0.3, 0.4) is 0 Å². The Labute approximate surface area is 188 Å². The Morgan fingerprint density at radius 1 is 1.22 bits per heavy atom. The summed E-state index contributed by atoms with van der Waals surface area (Å²) in [7, 11) is 1.47. The number of aromatic hydroxyl groups is 1. The van der Waals surface area contributed by atoms with E-state index in [9.17, 15) is 9.90 Å². The highest BCUT2D eigenvalue weighted by Gasteiger charge is 2.37. The van der Waals surface area contributed by atoms with Crippen molar-refractivity contribution in [1.29, 1.82) is 5.26 Å². The first-order chi connectivity index (χ1) is 15.5. The number of nitrogens with one attached hydrogen (secondary N) is 2. The maximum Gasteiger partial charge on any atom is 0.258 e. The number of guanidine groups is 1. The Morgan fingerprint density at radius 3 is 2.56 bits per heavy atom. The number of carbonyl (C=O) groups excluding carboxylic acids is 1. The molecule has 1 aliphatic heterocycles. The van der Waals surface area contributed by atoms with Gasteiger partial charge in [0.05, 0.1) is 7.11 Å². The van der Waals surface area contributed by atoms with E-state index in [0.29, 0.717) is 37.9 Å². The van der Waals surface area contributed by atoms with E-state index in [0.717, 1.165) is 18.4 Å². The van der Waals surface area contributed by atoms with Gasteiger partial charge < -0.3 is 20.1 Å². The first-order valence-corrected chi connectivity index (χ1v) is 10.7. The second kappa shape index (κ2) is 10.5. The van der Waals surface area contributed by atoms with Gasteiger partial charge in [-0.15, -0.1) is 0 Å². The molecule has 1 heterocycles. The third-order valence-corrected chi connectivity index (χ3v) is 5.92. The fraction of sp³-hybridized carbons (Fsp3) is 0.375. The number of phenols is 1. The van der Waals surface area contributed by atoms with E-state index < -0.39 is 0 Å². The minimum atomic E-state index is -0.378. The molecule has 0 spiro atoms. The zero-order valence-corrected chi connectivity index (χ0v) is 18.5. The average Bonchev–Trinajstić information content (AvgIpc) is 2.83. The highest BCUT2D eigenvalue weighted by molar-refractivity contribution is 5.99. The Morgan fingerprint density at radius 2 is 1.94 bits per heavy atom. The van der Waals surface area contributed by atoms with E-state index in [-0.39, 0.29) is 22.6 Å². The molecule has 0 bridgehead atoms. The number of rotatable bonds is 6. The summed E-state index contributed by atoms with van der Waals surface area (Å²) in [5.41, 5.74) is 0.993. The molecule has 0 unspecified atom stereocenters. The van der Waals surface area contributed by atoms with Crippen molar-refractivity contribution in [2.45, 2.75) is 25.2 Å². The lowest BCUT2D eigenvalue weighted by molar-refractivity contribution is 0.0926. The van der Waals surface area contributed by atoms with Crippen molar-refractivity contribution in [3.63, 3.8) is 0 Å². The van der Waals surface area contributed by atoms with Gasteiger partial charge in [-0.05, 0) is 37.5 Å². The van der Waals surface area contributed by atoms with Crippen LogP contribution >= 0.6 is 0 Å². The molecule has 3 rings (SSSR count). The van der Waals surface area contributed by atoms with Crippen LogP contribution in [0.5, 0.6) is 11.5 Å². The number of amides is 1. The van der Waals surface area contributed by atoms with Crippen molar-refractivity contribution in [2.75, 3.05) is 33.3 Å². The fourth-order valence-corrected chi connectivity index (χ4v) is 4.18. The average molecular weight is 436 g/mol. The molecule has 8 heteroatoms. The number of ether oxygens (including phenoxy) is 1. The highest BCUT2D eigenvalue weighted by atomic mass is 16.5. The lowest BCUT2D eigenvalue weighted by atomic mass is 9.72. The minimum absolute atomic E-state index is 0.117. The van der Waals surface area contributed by atoms with Crippen LogP contribution in [-0.2, 0) is 5.41 Å². The normalized spacial score (nSPS) is 15.5. The zero-order chi connectivity index (χ0) is 23.0. The van der Waals surface area contributed by atoms with Crippen LogP contribution in [0.1, 0.15) is 35.7 Å². The second-order valence-electron chi connectivity index (χ2n) is 7.71. The summed E-state index contributed by atoms with van der Waals surface area (Å²) in [5.74, 6) is 0.416. The van der Waals surface area contributed by atoms with Gasteiger partial charge in [-0.3, -0.25) is 15.1 Å². The van der Waals surface area contributed by atoms with E-state index in [1.54, 1.807) is 12.1 Å². The van der Waals surface area contributed by atoms with Crippen molar-refractivity contribution in [2.24, 2.45) is 4.99 Å². The SMILES string of the molecule is CCN=C(NC#N)N1CCC(CNC(=O)c2c(O)cccc2OC)(c2ccccc2)CC1. The number of carbonyl (C=O) groups is 1. The molecular weight excluding hydrogens is 406 g/mol. The van der Waals surface area contributed by atoms with Crippen LogP contribution < -0.4 is 15.4 Å². The van der Waals surface area contributed by atoms with Crippen LogP contribution in [-0.4, -0.2) is 55.2 Å². The number of likely N-dealkylation sites (tertiary alicyclic amines) is 1. The summed E-state index contributed by atoms with van der Waals surface area (Å²) in [6, 6.07) is 14.9. The first kappa shape index (κ1) is 22.9. The Balaban J connectivity index is 1.81. The number of hydrogen-bond donors (Lipinski definition) is 3. The van der Waals surface area contributed by atoms with Gasteiger partial charge in [0.15, 0.2) is 6.19 Å². The lowest BCUT2D eigenvalue weighted by Gasteiger charge is -2.43. The Kier molecular flexibility index (Phi) is 7.55. The maximum atomic E-state index is 13.0. The molecule has 0 radical (unpaired) electrons. The summed E-state index contributed by atoms with van der Waals surface area (Å²) in [6.45, 7) is 4.31. The number of benzene rings is 2. The van der Waals surface area contributed by atoms with Gasteiger partial charge >= 0.3 is 0 Å². The standard InChI is InChI=1S/C24H29N5O3/c1-3-26-23(28-17-25)29-14-12-24(13-15-29,18-8-5-4-6-9-18)16-27-22(31)21-19(30)10-7-11-20(21)32-2/h4-11,30H,3,12-16H2,1-2H3,(H,26,28)(H,27,31). The second-order valence-corrected chi connectivity index (χ2v) is 7.71. The van der Waals surface area contributed by atoms with E-state index in [1.807, 2.05) is 31.3 Å². The topological polar surface area (TPSA) is 110 Å². The molecule has 0 aliphatic carbocycles. The largest absolute Gasteiger partial charge is 0.507 e. The predicted octanol–water partition coefficient (Wildman–Crippen LogP) is 2.61. The molecule has 8 nitrogen and oxygen atoms in total. The third-order valence-electron chi connectivity index (χ3n) is 5.92. The van der Waals surface area contributed by atoms with Gasteiger partial charge in [-0.1, -0.05) is 36.4 Å². The van der Waals surface area contributed by atoms with Gasteiger partial charge in [0, 0.05) is 31.6 Å². The molecule has 168 valence electrons. The van der Waals surface area contributed by atoms with Crippen LogP contribution in [0.2, 0.25) is 0 Å². The van der Waals surface area contributed by atoms with Gasteiger partial charge in [0.2, 0.25) is 5.96 Å². The molecule has 2 aromatic rings. The van der Waals surface area contributed by atoms with Crippen LogP contribution in [0.4, 0.5) is 0 Å². The zero-order valence-electron chi connectivity index (χ0n) is 18.5. The quantitative estimate of drug-likeness (QED) is 0.278. The smallest absolute Gasteiger partial charge is 0.258 e. The molecule has 1 saturated heterocycles. The number of hydrogen-bond acceptors (Lipinski definition) is 5. The number of piperidine rings is 1. The molecule has 2 aromatic carbocycles. The fourth-order valence-electron chi connectivity index (χ4n) is 4.18. The molecule has 0 saturated carbocycles. The lowest BCUT2D eigenvalue weighted by Crippen LogP contribution is -2.52. The van der Waals surface area contributed by atoms with Crippen LogP contribution in [0.25, 0.3) is 0 Å². The molecule has 0 aromatic heterocycles. The third kappa shape index (κ3) is 4.94. The van der Waals surface area contributed by atoms with Gasteiger partial charge in [-0.2, -0.15) is 5.26 Å². The van der Waals surface area contributed by atoms with Crippen molar-refractivity contribution in [3.05, 3.63) is 59.7 Å². The van der Waals surface area contributed by atoms with E-state index in [1.165, 1.54) is 13.2 Å². The summed E-state index contributed by atoms with van der Waals surface area (Å²) in [5, 5.41) is 25.0. The van der Waals surface area contributed by atoms with Crippen molar-refractivity contribution in [3.8, 4) is 17.7 Å². The minimum Gasteiger partial charge on any atom is -0.507 e. The van der Waals surface area contributed by atoms with Gasteiger partial charge in [0.1, 0.15) is 17.1 Å². The number of nitrogens with zero attached hydrogens (tertiary/aromatic N) is 3. The monoisotopic (exact) mass is 435 g/mol. The van der Waals surface area contributed by atoms with E-state index >= 15 is 0 Å². The summed E-state index contributed by atoms with van der Waals surface area (Å²) in [6.07, 6.45) is 3.50.